The molecule has 20 heavy (non-hydrogen) atoms. The minimum absolute atomic E-state index is 0.238. The highest BCUT2D eigenvalue weighted by Crippen LogP contribution is 2.19. The molecule has 0 amide bonds. The molecule has 5 nitrogen and oxygen atoms in total. The Kier molecular flexibility index (Phi) is 4.41. The van der Waals surface area contributed by atoms with Gasteiger partial charge in [0.05, 0.1) is 0 Å². The molecule has 2 rings (SSSR count). The van der Waals surface area contributed by atoms with Crippen molar-refractivity contribution in [3.05, 3.63) is 41.7 Å². The Bertz CT molecular complexity index is 587. The molecule has 0 saturated carbocycles. The number of nitrogens with zero attached hydrogens (tertiary/aromatic N) is 2. The van der Waals surface area contributed by atoms with Gasteiger partial charge in [0.25, 0.3) is 0 Å². The first-order chi connectivity index (χ1) is 9.60. The largest absolute Gasteiger partial charge is 0.377 e. The van der Waals surface area contributed by atoms with Gasteiger partial charge in [-0.2, -0.15) is 0 Å². The first kappa shape index (κ1) is 14.1. The predicted molar refractivity (Wildman–Crippen MR) is 71.9 cm³/mol. The van der Waals surface area contributed by atoms with Crippen LogP contribution >= 0.6 is 0 Å². The first-order valence-corrected chi connectivity index (χ1v) is 5.88. The highest BCUT2D eigenvalue weighted by molar-refractivity contribution is 5.59. The summed E-state index contributed by atoms with van der Waals surface area (Å²) in [4.78, 5) is 8.38. The van der Waals surface area contributed by atoms with E-state index in [1.54, 1.807) is 13.1 Å². The van der Waals surface area contributed by atoms with Gasteiger partial charge in [-0.15, -0.1) is 0 Å². The van der Waals surface area contributed by atoms with E-state index in [4.69, 9.17) is 4.74 Å². The van der Waals surface area contributed by atoms with Crippen molar-refractivity contribution in [2.24, 2.45) is 0 Å². The Labute approximate surface area is 115 Å². The van der Waals surface area contributed by atoms with Gasteiger partial charge in [0.1, 0.15) is 29.9 Å². The molecule has 0 aliphatic heterocycles. The second-order valence-corrected chi connectivity index (χ2v) is 4.02. The lowest BCUT2D eigenvalue weighted by Gasteiger charge is -2.09. The molecule has 0 aliphatic rings. The third-order valence-electron chi connectivity index (χ3n) is 2.44. The van der Waals surface area contributed by atoms with Crippen LogP contribution in [0.5, 0.6) is 0 Å². The molecule has 0 aliphatic carbocycles. The molecule has 1 heterocycles. The summed E-state index contributed by atoms with van der Waals surface area (Å²) in [5, 5.41) is 5.71. The standard InChI is InChI=1S/C13H14F2N4O/c1-16-11-6-12(19-13(18-11)7-20-2)17-10-4-8(14)3-9(15)5-10/h3-6H,7H2,1-2H3,(H2,16,17,18,19). The molecule has 2 N–H and O–H groups in total. The molecule has 0 saturated heterocycles. The highest BCUT2D eigenvalue weighted by Gasteiger charge is 2.06. The van der Waals surface area contributed by atoms with E-state index in [1.807, 2.05) is 0 Å². The number of aromatic nitrogens is 2. The van der Waals surface area contributed by atoms with Crippen LogP contribution in [0, 0.1) is 11.6 Å². The van der Waals surface area contributed by atoms with Gasteiger partial charge in [0.2, 0.25) is 0 Å². The summed E-state index contributed by atoms with van der Waals surface area (Å²) in [5.74, 6) is 0.131. The fourth-order valence-electron chi connectivity index (χ4n) is 1.66. The van der Waals surface area contributed by atoms with Crippen molar-refractivity contribution in [2.45, 2.75) is 6.61 Å². The third-order valence-corrected chi connectivity index (χ3v) is 2.44. The van der Waals surface area contributed by atoms with Gasteiger partial charge < -0.3 is 15.4 Å². The van der Waals surface area contributed by atoms with Crippen molar-refractivity contribution in [2.75, 3.05) is 24.8 Å². The summed E-state index contributed by atoms with van der Waals surface area (Å²) in [6, 6.07) is 4.79. The molecular formula is C13H14F2N4O. The van der Waals surface area contributed by atoms with E-state index in [0.717, 1.165) is 6.07 Å². The average molecular weight is 280 g/mol. The number of halogens is 2. The number of anilines is 3. The fraction of sp³-hybridized carbons (Fsp3) is 0.231. The van der Waals surface area contributed by atoms with E-state index in [0.29, 0.717) is 17.5 Å². The maximum absolute atomic E-state index is 13.1. The van der Waals surface area contributed by atoms with Crippen LogP contribution in [0.25, 0.3) is 0 Å². The maximum atomic E-state index is 13.1. The Morgan fingerprint density at radius 2 is 1.70 bits per heavy atom. The van der Waals surface area contributed by atoms with E-state index in [2.05, 4.69) is 20.6 Å². The summed E-state index contributed by atoms with van der Waals surface area (Å²) in [6.07, 6.45) is 0. The van der Waals surface area contributed by atoms with Crippen LogP contribution in [0.2, 0.25) is 0 Å². The normalized spacial score (nSPS) is 10.4. The van der Waals surface area contributed by atoms with Crippen molar-refractivity contribution < 1.29 is 13.5 Å². The maximum Gasteiger partial charge on any atom is 0.158 e. The van der Waals surface area contributed by atoms with Crippen molar-refractivity contribution in [3.63, 3.8) is 0 Å². The van der Waals surface area contributed by atoms with Gasteiger partial charge in [-0.05, 0) is 12.1 Å². The second-order valence-electron chi connectivity index (χ2n) is 4.02. The van der Waals surface area contributed by atoms with Crippen LogP contribution < -0.4 is 10.6 Å². The zero-order valence-electron chi connectivity index (χ0n) is 11.1. The summed E-state index contributed by atoms with van der Waals surface area (Å²) in [5.41, 5.74) is 0.270. The monoisotopic (exact) mass is 280 g/mol. The van der Waals surface area contributed by atoms with E-state index < -0.39 is 11.6 Å². The van der Waals surface area contributed by atoms with Gasteiger partial charge in [-0.3, -0.25) is 0 Å². The molecule has 0 fully saturated rings. The number of nitrogens with one attached hydrogen (secondary N) is 2. The number of hydrogen-bond acceptors (Lipinski definition) is 5. The molecule has 0 spiro atoms. The Morgan fingerprint density at radius 1 is 1.05 bits per heavy atom. The van der Waals surface area contributed by atoms with Crippen molar-refractivity contribution >= 4 is 17.3 Å². The van der Waals surface area contributed by atoms with Crippen LogP contribution in [-0.2, 0) is 11.3 Å². The quantitative estimate of drug-likeness (QED) is 0.881. The van der Waals surface area contributed by atoms with Gasteiger partial charge in [-0.1, -0.05) is 0 Å². The lowest BCUT2D eigenvalue weighted by molar-refractivity contribution is 0.178. The SMILES string of the molecule is CNc1cc(Nc2cc(F)cc(F)c2)nc(COC)n1. The van der Waals surface area contributed by atoms with Gasteiger partial charge in [0, 0.05) is 32.0 Å². The molecule has 106 valence electrons. The van der Waals surface area contributed by atoms with Gasteiger partial charge in [-0.25, -0.2) is 18.7 Å². The van der Waals surface area contributed by atoms with Crippen LogP contribution in [-0.4, -0.2) is 24.1 Å². The number of methoxy groups -OCH3 is 1. The molecule has 0 atom stereocenters. The van der Waals surface area contributed by atoms with Crippen molar-refractivity contribution in [1.82, 2.24) is 9.97 Å². The Balaban J connectivity index is 2.29. The highest BCUT2D eigenvalue weighted by atomic mass is 19.1. The topological polar surface area (TPSA) is 59.1 Å². The molecular weight excluding hydrogens is 266 g/mol. The molecule has 0 bridgehead atoms. The molecule has 7 heteroatoms. The molecule has 2 aromatic rings. The smallest absolute Gasteiger partial charge is 0.158 e. The molecule has 0 radical (unpaired) electrons. The molecule has 1 aromatic carbocycles. The first-order valence-electron chi connectivity index (χ1n) is 5.88. The van der Waals surface area contributed by atoms with Crippen molar-refractivity contribution in [3.8, 4) is 0 Å². The number of hydrogen-bond donors (Lipinski definition) is 2. The molecule has 0 unspecified atom stereocenters. The van der Waals surface area contributed by atoms with E-state index in [9.17, 15) is 8.78 Å². The summed E-state index contributed by atoms with van der Waals surface area (Å²) < 4.78 is 31.2. The van der Waals surface area contributed by atoms with E-state index in [-0.39, 0.29) is 12.3 Å². The summed E-state index contributed by atoms with van der Waals surface area (Å²) in [6.45, 7) is 0.238. The van der Waals surface area contributed by atoms with Crippen LogP contribution in [0.15, 0.2) is 24.3 Å². The summed E-state index contributed by atoms with van der Waals surface area (Å²) >= 11 is 0. The van der Waals surface area contributed by atoms with E-state index >= 15 is 0 Å². The zero-order valence-corrected chi connectivity index (χ0v) is 11.1. The fourth-order valence-corrected chi connectivity index (χ4v) is 1.66. The Hall–Kier alpha value is -2.28. The average Bonchev–Trinajstić information content (AvgIpc) is 2.37. The number of rotatable bonds is 5. The number of benzene rings is 1. The van der Waals surface area contributed by atoms with Crippen molar-refractivity contribution in [1.29, 1.82) is 0 Å². The Morgan fingerprint density at radius 3 is 2.30 bits per heavy atom. The van der Waals surface area contributed by atoms with Crippen LogP contribution in [0.1, 0.15) is 5.82 Å². The third kappa shape index (κ3) is 3.61. The molecule has 1 aromatic heterocycles. The van der Waals surface area contributed by atoms with Gasteiger partial charge >= 0.3 is 0 Å². The minimum atomic E-state index is -0.660. The van der Waals surface area contributed by atoms with Crippen LogP contribution in [0.3, 0.4) is 0 Å². The van der Waals surface area contributed by atoms with E-state index in [1.165, 1.54) is 19.2 Å². The minimum Gasteiger partial charge on any atom is -0.377 e. The predicted octanol–water partition coefficient (Wildman–Crippen LogP) is 2.69. The number of ether oxygens (including phenoxy) is 1. The lowest BCUT2D eigenvalue weighted by Crippen LogP contribution is -2.05. The van der Waals surface area contributed by atoms with Gasteiger partial charge in [0.15, 0.2) is 5.82 Å². The lowest BCUT2D eigenvalue weighted by atomic mass is 10.3. The summed E-state index contributed by atoms with van der Waals surface area (Å²) in [7, 11) is 3.25. The second kappa shape index (κ2) is 6.25. The van der Waals surface area contributed by atoms with Crippen LogP contribution in [0.4, 0.5) is 26.1 Å². The zero-order chi connectivity index (χ0) is 14.5.